The molecule has 0 aliphatic carbocycles. The van der Waals surface area contributed by atoms with Crippen molar-refractivity contribution in [3.63, 3.8) is 0 Å². The number of aryl methyl sites for hydroxylation is 2. The lowest BCUT2D eigenvalue weighted by Gasteiger charge is -2.09. The Morgan fingerprint density at radius 2 is 1.96 bits per heavy atom. The van der Waals surface area contributed by atoms with Crippen LogP contribution in [0.25, 0.3) is 11.0 Å². The predicted molar refractivity (Wildman–Crippen MR) is 93.4 cm³/mol. The summed E-state index contributed by atoms with van der Waals surface area (Å²) in [5.74, 6) is 1.01. The molecule has 23 heavy (non-hydrogen) atoms. The lowest BCUT2D eigenvalue weighted by atomic mass is 10.1. The fourth-order valence-electron chi connectivity index (χ4n) is 2.48. The maximum Gasteiger partial charge on any atom is 0.226 e. The zero-order valence-electron chi connectivity index (χ0n) is 13.5. The molecule has 0 spiro atoms. The van der Waals surface area contributed by atoms with Crippen molar-refractivity contribution in [2.24, 2.45) is 5.92 Å². The number of fused-ring (bicyclic) bond motifs is 1. The number of carbonyl (C=O) groups excluding carboxylic acids is 1. The van der Waals surface area contributed by atoms with Gasteiger partial charge in [0.15, 0.2) is 0 Å². The average Bonchev–Trinajstić information content (AvgIpc) is 2.96. The van der Waals surface area contributed by atoms with Crippen molar-refractivity contribution < 1.29 is 4.79 Å². The highest BCUT2D eigenvalue weighted by Gasteiger charge is 2.08. The minimum Gasteiger partial charge on any atom is -0.342 e. The number of para-hydroxylation sites is 2. The van der Waals surface area contributed by atoms with Crippen molar-refractivity contribution in [3.8, 4) is 0 Å². The maximum atomic E-state index is 11.8. The van der Waals surface area contributed by atoms with Gasteiger partial charge >= 0.3 is 0 Å². The second-order valence-electron chi connectivity index (χ2n) is 6.04. The summed E-state index contributed by atoms with van der Waals surface area (Å²) in [5, 5.41) is 2.94. The molecule has 0 radical (unpaired) electrons. The number of aromatic amines is 1. The summed E-state index contributed by atoms with van der Waals surface area (Å²) in [7, 11) is 0. The van der Waals surface area contributed by atoms with Crippen LogP contribution in [0.15, 0.2) is 48.5 Å². The van der Waals surface area contributed by atoms with Crippen molar-refractivity contribution >= 4 is 22.6 Å². The molecule has 0 aliphatic rings. The van der Waals surface area contributed by atoms with Crippen molar-refractivity contribution in [1.82, 2.24) is 9.97 Å². The van der Waals surface area contributed by atoms with E-state index in [-0.39, 0.29) is 11.8 Å². The second-order valence-corrected chi connectivity index (χ2v) is 6.04. The molecule has 4 nitrogen and oxygen atoms in total. The van der Waals surface area contributed by atoms with Crippen LogP contribution in [-0.4, -0.2) is 15.9 Å². The molecule has 1 heterocycles. The fraction of sp³-hybridized carbons (Fsp3) is 0.263. The Labute approximate surface area is 136 Å². The highest BCUT2D eigenvalue weighted by Crippen LogP contribution is 2.15. The normalized spacial score (nSPS) is 11.1. The molecule has 1 aromatic heterocycles. The topological polar surface area (TPSA) is 57.8 Å². The Hall–Kier alpha value is -2.62. The first-order chi connectivity index (χ1) is 11.1. The second kappa shape index (κ2) is 6.65. The van der Waals surface area contributed by atoms with Gasteiger partial charge in [-0.3, -0.25) is 4.79 Å². The van der Waals surface area contributed by atoms with Crippen molar-refractivity contribution in [2.45, 2.75) is 26.7 Å². The van der Waals surface area contributed by atoms with Crippen molar-refractivity contribution in [2.75, 3.05) is 5.32 Å². The molecule has 1 amide bonds. The van der Waals surface area contributed by atoms with Gasteiger partial charge in [0.25, 0.3) is 0 Å². The zero-order valence-corrected chi connectivity index (χ0v) is 13.5. The van der Waals surface area contributed by atoms with E-state index in [1.54, 1.807) is 0 Å². The summed E-state index contributed by atoms with van der Waals surface area (Å²) >= 11 is 0. The Morgan fingerprint density at radius 1 is 1.13 bits per heavy atom. The lowest BCUT2D eigenvalue weighted by molar-refractivity contribution is -0.118. The van der Waals surface area contributed by atoms with Gasteiger partial charge in [-0.1, -0.05) is 38.1 Å². The number of imidazole rings is 1. The largest absolute Gasteiger partial charge is 0.342 e. The Kier molecular flexibility index (Phi) is 4.42. The molecule has 0 saturated heterocycles. The summed E-state index contributed by atoms with van der Waals surface area (Å²) in [6, 6.07) is 16.1. The van der Waals surface area contributed by atoms with E-state index in [4.69, 9.17) is 0 Å². The number of carbonyl (C=O) groups is 1. The Balaban J connectivity index is 1.67. The number of nitrogens with zero attached hydrogens (tertiary/aromatic N) is 1. The van der Waals surface area contributed by atoms with Gasteiger partial charge in [0.2, 0.25) is 5.91 Å². The number of hydrogen-bond acceptors (Lipinski definition) is 2. The van der Waals surface area contributed by atoms with Crippen LogP contribution in [0.3, 0.4) is 0 Å². The van der Waals surface area contributed by atoms with Gasteiger partial charge in [-0.25, -0.2) is 4.98 Å². The molecule has 0 bridgehead atoms. The van der Waals surface area contributed by atoms with E-state index in [1.807, 2.05) is 56.3 Å². The smallest absolute Gasteiger partial charge is 0.226 e. The van der Waals surface area contributed by atoms with Gasteiger partial charge in [-0.2, -0.15) is 0 Å². The molecule has 0 atom stereocenters. The SMILES string of the molecule is CC(C)C(=O)Nc1cccc(CCc2nc3ccccc3[nH]2)c1. The van der Waals surface area contributed by atoms with Gasteiger partial charge in [0.1, 0.15) is 5.82 Å². The highest BCUT2D eigenvalue weighted by molar-refractivity contribution is 5.92. The number of aromatic nitrogens is 2. The lowest BCUT2D eigenvalue weighted by Crippen LogP contribution is -2.17. The van der Waals surface area contributed by atoms with Gasteiger partial charge in [-0.15, -0.1) is 0 Å². The number of anilines is 1. The molecule has 118 valence electrons. The standard InChI is InChI=1S/C19H21N3O/c1-13(2)19(23)20-15-7-5-6-14(12-15)10-11-18-21-16-8-3-4-9-17(16)22-18/h3-9,12-13H,10-11H2,1-2H3,(H,20,23)(H,21,22). The maximum absolute atomic E-state index is 11.8. The number of rotatable bonds is 5. The summed E-state index contributed by atoms with van der Waals surface area (Å²) < 4.78 is 0. The van der Waals surface area contributed by atoms with Crippen LogP contribution in [0.4, 0.5) is 5.69 Å². The predicted octanol–water partition coefficient (Wildman–Crippen LogP) is 3.94. The monoisotopic (exact) mass is 307 g/mol. The minimum atomic E-state index is -0.0193. The highest BCUT2D eigenvalue weighted by atomic mass is 16.1. The van der Waals surface area contributed by atoms with Crippen LogP contribution in [-0.2, 0) is 17.6 Å². The molecule has 3 rings (SSSR count). The molecule has 2 aromatic carbocycles. The molecule has 4 heteroatoms. The third kappa shape index (κ3) is 3.77. The molecular weight excluding hydrogens is 286 g/mol. The van der Waals surface area contributed by atoms with E-state index in [0.717, 1.165) is 35.4 Å². The van der Waals surface area contributed by atoms with E-state index in [0.29, 0.717) is 0 Å². The fourth-order valence-corrected chi connectivity index (χ4v) is 2.48. The third-order valence-electron chi connectivity index (χ3n) is 3.81. The Bertz CT molecular complexity index is 787. The van der Waals surface area contributed by atoms with Crippen LogP contribution < -0.4 is 5.32 Å². The number of benzene rings is 2. The summed E-state index contributed by atoms with van der Waals surface area (Å²) in [6.07, 6.45) is 1.72. The van der Waals surface area contributed by atoms with Crippen LogP contribution in [0, 0.1) is 5.92 Å². The van der Waals surface area contributed by atoms with E-state index in [9.17, 15) is 4.79 Å². The van der Waals surface area contributed by atoms with Crippen molar-refractivity contribution in [3.05, 3.63) is 59.9 Å². The number of nitrogens with one attached hydrogen (secondary N) is 2. The molecule has 0 unspecified atom stereocenters. The van der Waals surface area contributed by atoms with Crippen molar-refractivity contribution in [1.29, 1.82) is 0 Å². The molecule has 0 fully saturated rings. The number of H-pyrrole nitrogens is 1. The van der Waals surface area contributed by atoms with Gasteiger partial charge in [0, 0.05) is 18.0 Å². The van der Waals surface area contributed by atoms with Gasteiger partial charge < -0.3 is 10.3 Å². The Morgan fingerprint density at radius 3 is 2.74 bits per heavy atom. The van der Waals surface area contributed by atoms with E-state index in [2.05, 4.69) is 21.4 Å². The van der Waals surface area contributed by atoms with Crippen LogP contribution >= 0.6 is 0 Å². The molecule has 0 saturated carbocycles. The molecule has 3 aromatic rings. The van der Waals surface area contributed by atoms with E-state index < -0.39 is 0 Å². The first kappa shape index (κ1) is 15.3. The number of hydrogen-bond donors (Lipinski definition) is 2. The summed E-state index contributed by atoms with van der Waals surface area (Å²) in [6.45, 7) is 3.78. The summed E-state index contributed by atoms with van der Waals surface area (Å²) in [5.41, 5.74) is 4.11. The first-order valence-corrected chi connectivity index (χ1v) is 7.95. The quantitative estimate of drug-likeness (QED) is 0.750. The molecule has 0 aliphatic heterocycles. The third-order valence-corrected chi connectivity index (χ3v) is 3.81. The number of amides is 1. The van der Waals surface area contributed by atoms with Crippen LogP contribution in [0.5, 0.6) is 0 Å². The van der Waals surface area contributed by atoms with E-state index >= 15 is 0 Å². The van der Waals surface area contributed by atoms with Crippen LogP contribution in [0.1, 0.15) is 25.2 Å². The average molecular weight is 307 g/mol. The first-order valence-electron chi connectivity index (χ1n) is 7.95. The minimum absolute atomic E-state index is 0.0193. The van der Waals surface area contributed by atoms with Gasteiger partial charge in [0.05, 0.1) is 11.0 Å². The summed E-state index contributed by atoms with van der Waals surface area (Å²) in [4.78, 5) is 19.7. The van der Waals surface area contributed by atoms with E-state index in [1.165, 1.54) is 5.56 Å². The molecular formula is C19H21N3O. The zero-order chi connectivity index (χ0) is 16.2. The van der Waals surface area contributed by atoms with Gasteiger partial charge in [-0.05, 0) is 36.2 Å². The van der Waals surface area contributed by atoms with Crippen LogP contribution in [0.2, 0.25) is 0 Å². The molecule has 2 N–H and O–H groups in total.